The molecular weight excluding hydrogens is 1050 g/mol. The summed E-state index contributed by atoms with van der Waals surface area (Å²) in [5.74, 6) is -7.62. The first-order valence-corrected chi connectivity index (χ1v) is 27.0. The number of likely N-dealkylation sites (N-methyl/N-ethyl adjacent to an activating group) is 1. The van der Waals surface area contributed by atoms with Gasteiger partial charge in [-0.05, 0) is 78.6 Å². The summed E-state index contributed by atoms with van der Waals surface area (Å²) in [5, 5.41) is 11.5. The van der Waals surface area contributed by atoms with E-state index in [1.165, 1.54) is 71.4 Å². The second kappa shape index (κ2) is 31.9. The van der Waals surface area contributed by atoms with Crippen molar-refractivity contribution in [3.63, 3.8) is 0 Å². The summed E-state index contributed by atoms with van der Waals surface area (Å²) in [6.45, 7) is 15.7. The third kappa shape index (κ3) is 19.4. The molecule has 2 saturated heterocycles. The lowest BCUT2D eigenvalue weighted by atomic mass is 9.79. The van der Waals surface area contributed by atoms with Crippen LogP contribution in [0.25, 0.3) is 0 Å². The largest absolute Gasteiger partial charge is 0.463 e. The van der Waals surface area contributed by atoms with Gasteiger partial charge in [0.2, 0.25) is 0 Å². The van der Waals surface area contributed by atoms with Gasteiger partial charge in [0, 0.05) is 71.0 Å². The van der Waals surface area contributed by atoms with Gasteiger partial charge in [-0.3, -0.25) is 43.8 Å². The molecule has 3 heterocycles. The van der Waals surface area contributed by atoms with Crippen LogP contribution in [-0.2, 0) is 96.8 Å². The van der Waals surface area contributed by atoms with Crippen molar-refractivity contribution in [3.05, 3.63) is 75.9 Å². The van der Waals surface area contributed by atoms with Gasteiger partial charge in [0.05, 0.1) is 55.3 Å². The molecular formula is C57H82N2O21. The maximum absolute atomic E-state index is 14.7. The number of hydrogen-bond acceptors (Lipinski definition) is 22. The van der Waals surface area contributed by atoms with Crippen LogP contribution in [0.15, 0.2) is 60.2 Å². The number of methoxy groups -OCH3 is 2. The van der Waals surface area contributed by atoms with E-state index in [1.54, 1.807) is 85.7 Å². The molecule has 80 heavy (non-hydrogen) atoms. The van der Waals surface area contributed by atoms with Crippen LogP contribution in [-0.4, -0.2) is 173 Å². The van der Waals surface area contributed by atoms with E-state index in [4.69, 9.17) is 56.8 Å². The second-order valence-corrected chi connectivity index (χ2v) is 20.7. The van der Waals surface area contributed by atoms with Gasteiger partial charge in [-0.2, -0.15) is 0 Å². The van der Waals surface area contributed by atoms with Crippen molar-refractivity contribution >= 4 is 47.3 Å². The maximum Gasteiger partial charge on any atom is 0.330 e. The van der Waals surface area contributed by atoms with Crippen molar-refractivity contribution in [2.75, 3.05) is 41.5 Å². The number of cyclic esters (lactones) is 1. The van der Waals surface area contributed by atoms with E-state index in [-0.39, 0.29) is 50.4 Å². The lowest BCUT2D eigenvalue weighted by Gasteiger charge is -2.48. The normalized spacial score (nSPS) is 32.9. The Hall–Kier alpha value is -5.95. The summed E-state index contributed by atoms with van der Waals surface area (Å²) in [6, 6.07) is 4.47. The third-order valence-corrected chi connectivity index (χ3v) is 14.3. The van der Waals surface area contributed by atoms with Gasteiger partial charge in [-0.25, -0.2) is 4.79 Å². The zero-order valence-corrected chi connectivity index (χ0v) is 48.4. The Kier molecular flexibility index (Phi) is 26.5. The van der Waals surface area contributed by atoms with Gasteiger partial charge >= 0.3 is 35.8 Å². The molecule has 4 rings (SSSR count). The lowest BCUT2D eigenvalue weighted by molar-refractivity contribution is -0.384. The number of nitro benzene ring substituents is 1. The fourth-order valence-electron chi connectivity index (χ4n) is 10.4. The smallest absolute Gasteiger partial charge is 0.330 e. The average Bonchev–Trinajstić information content (AvgIpc) is 3.38. The van der Waals surface area contributed by atoms with Gasteiger partial charge in [0.15, 0.2) is 30.6 Å². The molecule has 1 aromatic rings. The molecule has 0 unspecified atom stereocenters. The van der Waals surface area contributed by atoms with E-state index in [0.29, 0.717) is 11.1 Å². The highest BCUT2D eigenvalue weighted by atomic mass is 16.7. The molecule has 0 bridgehead atoms. The van der Waals surface area contributed by atoms with Gasteiger partial charge in [0.25, 0.3) is 5.69 Å². The maximum atomic E-state index is 14.7. The molecule has 0 amide bonds. The van der Waals surface area contributed by atoms with Crippen LogP contribution in [0, 0.1) is 33.8 Å². The summed E-state index contributed by atoms with van der Waals surface area (Å²) in [4.78, 5) is 106. The summed E-state index contributed by atoms with van der Waals surface area (Å²) in [5.41, 5.74) is 0.776. The molecule has 3 aliphatic heterocycles. The number of ketones is 1. The lowest BCUT2D eigenvalue weighted by Crippen LogP contribution is -2.65. The molecule has 446 valence electrons. The van der Waals surface area contributed by atoms with Crippen LogP contribution in [0.2, 0.25) is 0 Å². The van der Waals surface area contributed by atoms with Gasteiger partial charge in [-0.15, -0.1) is 0 Å². The predicted molar refractivity (Wildman–Crippen MR) is 285 cm³/mol. The molecule has 23 nitrogen and oxygen atoms in total. The molecule has 0 N–H and O–H groups in total. The van der Waals surface area contributed by atoms with Crippen molar-refractivity contribution < 1.29 is 95.3 Å². The molecule has 2 fully saturated rings. The highest BCUT2D eigenvalue weighted by Crippen LogP contribution is 2.38. The first-order valence-electron chi connectivity index (χ1n) is 27.0. The number of nitrogens with zero attached hydrogens (tertiary/aromatic N) is 2. The SMILES string of the molecule is CCOC(=O)/C=C/C[C@H]1C[C@@H](C)C(=O)/C=C/C(C)=C/[C@H](CO[C@@H]2O[C@H](C)[C@@H](OC(C)=O)[C@@H](OC)[C@H]2OC)[C@@H](CC)OC(=O)C[C@H](OC(=O)Cc2ccc([N+](=O)[O-])cc2)[C@H](C)[C@H]1O[C@H]1O[C@@H](C)[C@H](OC(C)=O)[C@@H](N(C)C)[C@@H]1OC(C)=O. The van der Waals surface area contributed by atoms with Crippen LogP contribution in [0.4, 0.5) is 5.69 Å². The van der Waals surface area contributed by atoms with Gasteiger partial charge in [0.1, 0.15) is 30.5 Å². The van der Waals surface area contributed by atoms with E-state index in [1.807, 2.05) is 0 Å². The van der Waals surface area contributed by atoms with E-state index >= 15 is 0 Å². The van der Waals surface area contributed by atoms with E-state index < -0.39 is 150 Å². The first kappa shape index (κ1) is 66.6. The minimum atomic E-state index is -1.42. The number of rotatable bonds is 20. The van der Waals surface area contributed by atoms with Crippen molar-refractivity contribution in [1.29, 1.82) is 0 Å². The molecule has 23 heteroatoms. The third-order valence-electron chi connectivity index (χ3n) is 14.3. The second-order valence-electron chi connectivity index (χ2n) is 20.7. The molecule has 0 spiro atoms. The molecule has 3 aliphatic rings. The van der Waals surface area contributed by atoms with E-state index in [0.717, 1.165) is 0 Å². The monoisotopic (exact) mass is 1130 g/mol. The number of nitro groups is 1. The number of non-ortho nitro benzene ring substituents is 1. The molecule has 0 aromatic heterocycles. The van der Waals surface area contributed by atoms with Gasteiger partial charge in [-0.1, -0.05) is 56.7 Å². The Morgan fingerprint density at radius 1 is 0.787 bits per heavy atom. The minimum Gasteiger partial charge on any atom is -0.463 e. The van der Waals surface area contributed by atoms with Crippen LogP contribution >= 0.6 is 0 Å². The van der Waals surface area contributed by atoms with E-state index in [2.05, 4.69) is 0 Å². The van der Waals surface area contributed by atoms with Crippen LogP contribution in [0.1, 0.15) is 100 Å². The average molecular weight is 1130 g/mol. The van der Waals surface area contributed by atoms with Crippen molar-refractivity contribution in [2.24, 2.45) is 23.7 Å². The Balaban J connectivity index is 1.91. The zero-order valence-electron chi connectivity index (χ0n) is 48.4. The zero-order chi connectivity index (χ0) is 59.5. The van der Waals surface area contributed by atoms with Crippen LogP contribution in [0.3, 0.4) is 0 Å². The molecule has 1 aromatic carbocycles. The number of ether oxygens (including phenoxy) is 12. The van der Waals surface area contributed by atoms with Crippen molar-refractivity contribution in [3.8, 4) is 0 Å². The fraction of sp³-hybridized carbons (Fsp3) is 0.667. The fourth-order valence-corrected chi connectivity index (χ4v) is 10.4. The molecule has 0 saturated carbocycles. The molecule has 0 aliphatic carbocycles. The Morgan fingerprint density at radius 3 is 1.96 bits per heavy atom. The Bertz CT molecular complexity index is 2350. The Labute approximate surface area is 468 Å². The highest BCUT2D eigenvalue weighted by Gasteiger charge is 2.52. The number of esters is 6. The Morgan fingerprint density at radius 2 is 1.39 bits per heavy atom. The number of carbonyl (C=O) groups is 7. The van der Waals surface area contributed by atoms with Crippen molar-refractivity contribution in [2.45, 2.75) is 181 Å². The molecule has 0 radical (unpaired) electrons. The predicted octanol–water partition coefficient (Wildman–Crippen LogP) is 5.90. The standard InChI is InChI=1S/C57H82N2O21/c1-15-44-41(30-72-56-55(70-14)54(69-13)52(35(7)73-56)76-37(9)61)26-31(3)20-25-43(63)32(4)27-40(18-17-19-46(64)71-16-2)50(80-57-53(77-38(10)62)49(58(11)12)51(34(6)74-57)75-36(8)60)33(5)45(29-48(66)78-44)79-47(65)28-39-21-23-42(24-22-39)59(67)68/h17,19-26,32-35,40-41,44-45,49-57H,15-16,18,27-30H2,1-14H3/b19-17+,25-20+,31-26+/t32-,33+,34+,35-,40+,41-,44-,45+,49-,50-,51+,52-,53+,54-,55-,56-,57-/m1/s1. The van der Waals surface area contributed by atoms with E-state index in [9.17, 15) is 43.7 Å². The first-order chi connectivity index (χ1) is 37.8. The number of hydrogen-bond donors (Lipinski definition) is 0. The number of carbonyl (C=O) groups excluding carboxylic acids is 7. The number of allylic oxidation sites excluding steroid dienone is 4. The topological polar surface area (TPSA) is 277 Å². The minimum absolute atomic E-state index is 0.0538. The van der Waals surface area contributed by atoms with Crippen LogP contribution in [0.5, 0.6) is 0 Å². The molecule has 17 atom stereocenters. The summed E-state index contributed by atoms with van der Waals surface area (Å²) < 4.78 is 72.7. The van der Waals surface area contributed by atoms with Crippen LogP contribution < -0.4 is 0 Å². The summed E-state index contributed by atoms with van der Waals surface area (Å²) in [6.07, 6.45) is -5.09. The number of benzene rings is 1. The summed E-state index contributed by atoms with van der Waals surface area (Å²) in [7, 11) is 6.29. The highest BCUT2D eigenvalue weighted by molar-refractivity contribution is 5.91. The quantitative estimate of drug-likeness (QED) is 0.0483. The summed E-state index contributed by atoms with van der Waals surface area (Å²) >= 11 is 0. The van der Waals surface area contributed by atoms with Crippen molar-refractivity contribution in [1.82, 2.24) is 4.90 Å². The van der Waals surface area contributed by atoms with Gasteiger partial charge < -0.3 is 56.8 Å².